The minimum atomic E-state index is -0.263. The number of anilines is 1. The van der Waals surface area contributed by atoms with E-state index in [-0.39, 0.29) is 5.91 Å². The van der Waals surface area contributed by atoms with E-state index in [4.69, 9.17) is 5.73 Å². The summed E-state index contributed by atoms with van der Waals surface area (Å²) in [6, 6.07) is 7.15. The van der Waals surface area contributed by atoms with E-state index in [0.717, 1.165) is 10.7 Å². The average molecular weight is 301 g/mol. The van der Waals surface area contributed by atoms with Crippen LogP contribution < -0.4 is 11.1 Å². The van der Waals surface area contributed by atoms with Crippen molar-refractivity contribution in [3.05, 3.63) is 46.7 Å². The fourth-order valence-electron chi connectivity index (χ4n) is 1.68. The van der Waals surface area contributed by atoms with Crippen LogP contribution in [0.3, 0.4) is 0 Å². The molecule has 0 saturated heterocycles. The number of benzene rings is 1. The highest BCUT2D eigenvalue weighted by Gasteiger charge is 2.10. The van der Waals surface area contributed by atoms with Crippen molar-refractivity contribution in [3.8, 4) is 5.69 Å². The van der Waals surface area contributed by atoms with Crippen LogP contribution in [0.15, 0.2) is 36.0 Å². The third-order valence-electron chi connectivity index (χ3n) is 2.70. The number of thiazole rings is 1. The minimum Gasteiger partial charge on any atom is -0.325 e. The average Bonchev–Trinajstić information content (AvgIpc) is 3.19. The first kappa shape index (κ1) is 13.3. The van der Waals surface area contributed by atoms with Crippen molar-refractivity contribution in [2.75, 3.05) is 5.32 Å². The SMILES string of the molecule is NCc1nc(C(=O)Nc2ccc(-n3cnnn3)cc2)cs1. The van der Waals surface area contributed by atoms with E-state index in [0.29, 0.717) is 17.9 Å². The summed E-state index contributed by atoms with van der Waals surface area (Å²) in [7, 11) is 0. The van der Waals surface area contributed by atoms with Gasteiger partial charge < -0.3 is 11.1 Å². The summed E-state index contributed by atoms with van der Waals surface area (Å²) in [6.45, 7) is 0.332. The number of carbonyl (C=O) groups is 1. The van der Waals surface area contributed by atoms with Crippen molar-refractivity contribution in [1.82, 2.24) is 25.2 Å². The van der Waals surface area contributed by atoms with Gasteiger partial charge in [-0.1, -0.05) is 0 Å². The zero-order valence-electron chi connectivity index (χ0n) is 10.8. The lowest BCUT2D eigenvalue weighted by Crippen LogP contribution is -2.12. The first-order valence-corrected chi connectivity index (χ1v) is 6.93. The Hall–Kier alpha value is -2.65. The molecule has 2 aromatic heterocycles. The van der Waals surface area contributed by atoms with E-state index in [2.05, 4.69) is 25.8 Å². The number of rotatable bonds is 4. The lowest BCUT2D eigenvalue weighted by atomic mass is 10.2. The number of amides is 1. The Morgan fingerprint density at radius 2 is 2.14 bits per heavy atom. The second-order valence-electron chi connectivity index (χ2n) is 4.09. The van der Waals surface area contributed by atoms with Gasteiger partial charge >= 0.3 is 0 Å². The van der Waals surface area contributed by atoms with Crippen LogP contribution in [-0.4, -0.2) is 31.1 Å². The molecule has 0 aliphatic rings. The van der Waals surface area contributed by atoms with E-state index in [1.807, 2.05) is 0 Å². The van der Waals surface area contributed by atoms with Gasteiger partial charge in [0.1, 0.15) is 17.0 Å². The molecule has 0 fully saturated rings. The zero-order valence-corrected chi connectivity index (χ0v) is 11.6. The summed E-state index contributed by atoms with van der Waals surface area (Å²) >= 11 is 1.37. The normalized spacial score (nSPS) is 10.5. The van der Waals surface area contributed by atoms with Gasteiger partial charge in [0, 0.05) is 17.6 Å². The Labute approximate surface area is 123 Å². The van der Waals surface area contributed by atoms with Crippen molar-refractivity contribution in [2.24, 2.45) is 5.73 Å². The predicted octanol–water partition coefficient (Wildman–Crippen LogP) is 0.830. The fraction of sp³-hybridized carbons (Fsp3) is 0.0833. The molecule has 106 valence electrons. The Morgan fingerprint density at radius 1 is 1.33 bits per heavy atom. The molecular formula is C12H11N7OS. The quantitative estimate of drug-likeness (QED) is 0.738. The smallest absolute Gasteiger partial charge is 0.275 e. The largest absolute Gasteiger partial charge is 0.325 e. The summed E-state index contributed by atoms with van der Waals surface area (Å²) in [4.78, 5) is 16.1. The van der Waals surface area contributed by atoms with Crippen LogP contribution in [0.25, 0.3) is 5.69 Å². The number of aromatic nitrogens is 5. The molecule has 0 atom stereocenters. The van der Waals surface area contributed by atoms with Gasteiger partial charge in [0.15, 0.2) is 0 Å². The molecule has 21 heavy (non-hydrogen) atoms. The van der Waals surface area contributed by atoms with Gasteiger partial charge in [-0.05, 0) is 34.7 Å². The summed E-state index contributed by atoms with van der Waals surface area (Å²) < 4.78 is 1.53. The van der Waals surface area contributed by atoms with Crippen LogP contribution in [-0.2, 0) is 6.54 Å². The maximum Gasteiger partial charge on any atom is 0.275 e. The molecule has 0 bridgehead atoms. The number of nitrogens with zero attached hydrogens (tertiary/aromatic N) is 5. The van der Waals surface area contributed by atoms with E-state index in [1.54, 1.807) is 29.6 Å². The lowest BCUT2D eigenvalue weighted by Gasteiger charge is -2.04. The predicted molar refractivity (Wildman–Crippen MR) is 77.1 cm³/mol. The number of hydrogen-bond donors (Lipinski definition) is 2. The molecule has 0 saturated carbocycles. The second kappa shape index (κ2) is 5.77. The van der Waals surface area contributed by atoms with E-state index >= 15 is 0 Å². The fourth-order valence-corrected chi connectivity index (χ4v) is 2.34. The topological polar surface area (TPSA) is 112 Å². The molecule has 0 radical (unpaired) electrons. The second-order valence-corrected chi connectivity index (χ2v) is 5.03. The molecule has 2 heterocycles. The van der Waals surface area contributed by atoms with Gasteiger partial charge in [0.25, 0.3) is 5.91 Å². The molecule has 0 unspecified atom stereocenters. The number of nitrogens with one attached hydrogen (secondary N) is 1. The van der Waals surface area contributed by atoms with E-state index in [1.165, 1.54) is 22.3 Å². The summed E-state index contributed by atoms with van der Waals surface area (Å²) in [5, 5.41) is 16.1. The molecule has 9 heteroatoms. The molecule has 1 aromatic carbocycles. The molecule has 3 rings (SSSR count). The minimum absolute atomic E-state index is 0.263. The van der Waals surface area contributed by atoms with Crippen molar-refractivity contribution in [1.29, 1.82) is 0 Å². The van der Waals surface area contributed by atoms with E-state index < -0.39 is 0 Å². The molecular weight excluding hydrogens is 290 g/mol. The van der Waals surface area contributed by atoms with Crippen molar-refractivity contribution >= 4 is 22.9 Å². The third kappa shape index (κ3) is 2.93. The van der Waals surface area contributed by atoms with Gasteiger partial charge in [-0.2, -0.15) is 0 Å². The van der Waals surface area contributed by atoms with Crippen LogP contribution in [0.1, 0.15) is 15.5 Å². The zero-order chi connectivity index (χ0) is 14.7. The standard InChI is InChI=1S/C12H11N7OS/c13-5-11-16-10(6-21-11)12(20)15-8-1-3-9(4-2-8)19-7-14-17-18-19/h1-4,6-7H,5,13H2,(H,15,20). The maximum absolute atomic E-state index is 12.0. The Balaban J connectivity index is 1.71. The number of hydrogen-bond acceptors (Lipinski definition) is 7. The van der Waals surface area contributed by atoms with Crippen LogP contribution in [0.5, 0.6) is 0 Å². The first-order valence-electron chi connectivity index (χ1n) is 6.05. The van der Waals surface area contributed by atoms with Gasteiger partial charge in [-0.25, -0.2) is 9.67 Å². The monoisotopic (exact) mass is 301 g/mol. The summed E-state index contributed by atoms with van der Waals surface area (Å²) in [5.41, 5.74) is 7.31. The third-order valence-corrected chi connectivity index (χ3v) is 3.57. The van der Waals surface area contributed by atoms with Crippen LogP contribution in [0.4, 0.5) is 5.69 Å². The molecule has 1 amide bonds. The molecule has 0 aliphatic carbocycles. The molecule has 3 aromatic rings. The van der Waals surface area contributed by atoms with Gasteiger partial charge in [0.05, 0.1) is 5.69 Å². The number of carbonyl (C=O) groups excluding carboxylic acids is 1. The number of nitrogens with two attached hydrogens (primary N) is 1. The molecule has 0 spiro atoms. The van der Waals surface area contributed by atoms with Crippen LogP contribution in [0, 0.1) is 0 Å². The van der Waals surface area contributed by atoms with E-state index in [9.17, 15) is 4.79 Å². The van der Waals surface area contributed by atoms with Crippen molar-refractivity contribution < 1.29 is 4.79 Å². The van der Waals surface area contributed by atoms with Crippen LogP contribution in [0.2, 0.25) is 0 Å². The van der Waals surface area contributed by atoms with Gasteiger partial charge in [-0.15, -0.1) is 16.4 Å². The molecule has 3 N–H and O–H groups in total. The first-order chi connectivity index (χ1) is 10.3. The highest BCUT2D eigenvalue weighted by atomic mass is 32.1. The van der Waals surface area contributed by atoms with Crippen LogP contribution >= 0.6 is 11.3 Å². The Morgan fingerprint density at radius 3 is 2.76 bits per heavy atom. The number of tetrazole rings is 1. The van der Waals surface area contributed by atoms with Gasteiger partial charge in [0.2, 0.25) is 0 Å². The maximum atomic E-state index is 12.0. The Kier molecular flexibility index (Phi) is 3.67. The highest BCUT2D eigenvalue weighted by Crippen LogP contribution is 2.14. The lowest BCUT2D eigenvalue weighted by molar-refractivity contribution is 0.102. The molecule has 8 nitrogen and oxygen atoms in total. The summed E-state index contributed by atoms with van der Waals surface area (Å²) in [5.74, 6) is -0.263. The Bertz CT molecular complexity index is 735. The molecule has 0 aliphatic heterocycles. The highest BCUT2D eigenvalue weighted by molar-refractivity contribution is 7.09. The van der Waals surface area contributed by atoms with Crippen molar-refractivity contribution in [3.63, 3.8) is 0 Å². The summed E-state index contributed by atoms with van der Waals surface area (Å²) in [6.07, 6.45) is 1.50. The van der Waals surface area contributed by atoms with Gasteiger partial charge in [-0.3, -0.25) is 4.79 Å². The van der Waals surface area contributed by atoms with Crippen molar-refractivity contribution in [2.45, 2.75) is 6.54 Å².